The summed E-state index contributed by atoms with van der Waals surface area (Å²) in [6, 6.07) is 5.35. The van der Waals surface area contributed by atoms with Crippen molar-refractivity contribution in [1.29, 1.82) is 0 Å². The fourth-order valence-corrected chi connectivity index (χ4v) is 1.49. The number of carbonyl (C=O) groups is 1. The number of anilines is 1. The molecule has 0 bridgehead atoms. The fourth-order valence-electron chi connectivity index (χ4n) is 1.31. The average Bonchev–Trinajstić information content (AvgIpc) is 2.25. The Morgan fingerprint density at radius 3 is 2.75 bits per heavy atom. The molecular formula is C12H16ClNO2. The normalized spacial score (nSPS) is 12.2. The van der Waals surface area contributed by atoms with E-state index in [1.807, 2.05) is 19.9 Å². The third kappa shape index (κ3) is 3.22. The van der Waals surface area contributed by atoms with Gasteiger partial charge in [0.1, 0.15) is 0 Å². The molecule has 0 aliphatic carbocycles. The zero-order valence-electron chi connectivity index (χ0n) is 9.46. The Kier molecular flexibility index (Phi) is 4.77. The highest BCUT2D eigenvalue weighted by molar-refractivity contribution is 6.31. The first-order valence-electron chi connectivity index (χ1n) is 5.26. The van der Waals surface area contributed by atoms with Gasteiger partial charge in [-0.25, -0.2) is 0 Å². The van der Waals surface area contributed by atoms with Crippen molar-refractivity contribution in [1.82, 2.24) is 0 Å². The quantitative estimate of drug-likeness (QED) is 0.851. The van der Waals surface area contributed by atoms with Crippen LogP contribution >= 0.6 is 11.6 Å². The lowest BCUT2D eigenvalue weighted by molar-refractivity contribution is -0.121. The van der Waals surface area contributed by atoms with Gasteiger partial charge in [-0.05, 0) is 31.0 Å². The van der Waals surface area contributed by atoms with Gasteiger partial charge < -0.3 is 10.4 Å². The first kappa shape index (κ1) is 13.0. The Morgan fingerprint density at radius 2 is 2.25 bits per heavy atom. The van der Waals surface area contributed by atoms with Crippen LogP contribution in [0.5, 0.6) is 0 Å². The number of halogens is 1. The zero-order chi connectivity index (χ0) is 12.1. The van der Waals surface area contributed by atoms with Crippen LogP contribution in [0.4, 0.5) is 5.69 Å². The Balaban J connectivity index is 2.73. The maximum Gasteiger partial charge on any atom is 0.229 e. The van der Waals surface area contributed by atoms with Gasteiger partial charge in [0, 0.05) is 10.7 Å². The molecule has 0 aliphatic rings. The molecule has 3 nitrogen and oxygen atoms in total. The Hall–Kier alpha value is -1.06. The van der Waals surface area contributed by atoms with Crippen molar-refractivity contribution in [2.75, 3.05) is 11.9 Å². The van der Waals surface area contributed by atoms with Crippen LogP contribution in [0, 0.1) is 12.8 Å². The maximum atomic E-state index is 11.7. The van der Waals surface area contributed by atoms with Crippen LogP contribution in [0.3, 0.4) is 0 Å². The summed E-state index contributed by atoms with van der Waals surface area (Å²) >= 11 is 5.94. The highest BCUT2D eigenvalue weighted by Gasteiger charge is 2.15. The molecule has 0 aliphatic heterocycles. The molecule has 0 spiro atoms. The zero-order valence-corrected chi connectivity index (χ0v) is 10.2. The molecule has 0 saturated heterocycles. The lowest BCUT2D eigenvalue weighted by Crippen LogP contribution is -2.25. The van der Waals surface area contributed by atoms with Gasteiger partial charge in [0.05, 0.1) is 12.5 Å². The van der Waals surface area contributed by atoms with Gasteiger partial charge in [-0.15, -0.1) is 0 Å². The Bertz CT molecular complexity index is 375. The van der Waals surface area contributed by atoms with Crippen LogP contribution in [0.2, 0.25) is 5.02 Å². The average molecular weight is 242 g/mol. The molecule has 2 N–H and O–H groups in total. The largest absolute Gasteiger partial charge is 0.396 e. The maximum absolute atomic E-state index is 11.7. The predicted molar refractivity (Wildman–Crippen MR) is 65.7 cm³/mol. The van der Waals surface area contributed by atoms with Gasteiger partial charge in [-0.2, -0.15) is 0 Å². The minimum atomic E-state index is -0.361. The number of nitrogens with one attached hydrogen (secondary N) is 1. The van der Waals surface area contributed by atoms with Crippen molar-refractivity contribution in [3.8, 4) is 0 Å². The second-order valence-corrected chi connectivity index (χ2v) is 4.15. The molecule has 1 atom stereocenters. The monoisotopic (exact) mass is 241 g/mol. The number of hydrogen-bond donors (Lipinski definition) is 2. The molecular weight excluding hydrogens is 226 g/mol. The third-order valence-electron chi connectivity index (χ3n) is 2.52. The SMILES string of the molecule is CCC(CO)C(=O)Nc1ccc(C)c(Cl)c1. The van der Waals surface area contributed by atoms with Crippen molar-refractivity contribution in [3.63, 3.8) is 0 Å². The van der Waals surface area contributed by atoms with E-state index in [1.165, 1.54) is 0 Å². The molecule has 1 unspecified atom stereocenters. The van der Waals surface area contributed by atoms with E-state index in [4.69, 9.17) is 16.7 Å². The summed E-state index contributed by atoms with van der Waals surface area (Å²) in [6.45, 7) is 3.63. The van der Waals surface area contributed by atoms with E-state index in [0.29, 0.717) is 17.1 Å². The molecule has 16 heavy (non-hydrogen) atoms. The molecule has 1 rings (SSSR count). The van der Waals surface area contributed by atoms with Crippen LogP contribution in [0.25, 0.3) is 0 Å². The lowest BCUT2D eigenvalue weighted by atomic mass is 10.1. The number of aryl methyl sites for hydroxylation is 1. The molecule has 0 heterocycles. The van der Waals surface area contributed by atoms with Crippen molar-refractivity contribution < 1.29 is 9.90 Å². The number of aliphatic hydroxyl groups is 1. The van der Waals surface area contributed by atoms with E-state index >= 15 is 0 Å². The van der Waals surface area contributed by atoms with Gasteiger partial charge >= 0.3 is 0 Å². The minimum Gasteiger partial charge on any atom is -0.396 e. The van der Waals surface area contributed by atoms with Crippen molar-refractivity contribution >= 4 is 23.2 Å². The van der Waals surface area contributed by atoms with Crippen LogP contribution < -0.4 is 5.32 Å². The molecule has 0 fully saturated rings. The molecule has 4 heteroatoms. The van der Waals surface area contributed by atoms with Gasteiger partial charge in [-0.1, -0.05) is 24.6 Å². The Labute approximate surface area is 100 Å². The van der Waals surface area contributed by atoms with Crippen molar-refractivity contribution in [2.24, 2.45) is 5.92 Å². The summed E-state index contributed by atoms with van der Waals surface area (Å²) in [4.78, 5) is 11.7. The van der Waals surface area contributed by atoms with Crippen molar-refractivity contribution in [2.45, 2.75) is 20.3 Å². The topological polar surface area (TPSA) is 49.3 Å². The van der Waals surface area contributed by atoms with E-state index in [1.54, 1.807) is 12.1 Å². The predicted octanol–water partition coefficient (Wildman–Crippen LogP) is 2.61. The molecule has 88 valence electrons. The number of amides is 1. The minimum absolute atomic E-state index is 0.137. The molecule has 1 amide bonds. The third-order valence-corrected chi connectivity index (χ3v) is 2.93. The Morgan fingerprint density at radius 1 is 1.56 bits per heavy atom. The number of aliphatic hydroxyl groups excluding tert-OH is 1. The molecule has 1 aromatic carbocycles. The molecule has 0 radical (unpaired) electrons. The highest BCUT2D eigenvalue weighted by atomic mass is 35.5. The number of carbonyl (C=O) groups excluding carboxylic acids is 1. The summed E-state index contributed by atoms with van der Waals surface area (Å²) in [5, 5.41) is 12.3. The fraction of sp³-hybridized carbons (Fsp3) is 0.417. The van der Waals surface area contributed by atoms with E-state index in [9.17, 15) is 4.79 Å². The summed E-state index contributed by atoms with van der Waals surface area (Å²) in [7, 11) is 0. The van der Waals surface area contributed by atoms with Gasteiger partial charge in [-0.3, -0.25) is 4.79 Å². The number of rotatable bonds is 4. The van der Waals surface area contributed by atoms with E-state index in [0.717, 1.165) is 5.56 Å². The number of benzene rings is 1. The second kappa shape index (κ2) is 5.87. The van der Waals surface area contributed by atoms with Gasteiger partial charge in [0.15, 0.2) is 0 Å². The second-order valence-electron chi connectivity index (χ2n) is 3.74. The molecule has 1 aromatic rings. The van der Waals surface area contributed by atoms with Gasteiger partial charge in [0.2, 0.25) is 5.91 Å². The van der Waals surface area contributed by atoms with Crippen LogP contribution in [-0.2, 0) is 4.79 Å². The standard InChI is InChI=1S/C12H16ClNO2/c1-3-9(7-15)12(16)14-10-5-4-8(2)11(13)6-10/h4-6,9,15H,3,7H2,1-2H3,(H,14,16). The van der Waals surface area contributed by atoms with E-state index in [2.05, 4.69) is 5.32 Å². The van der Waals surface area contributed by atoms with Crippen LogP contribution in [-0.4, -0.2) is 17.6 Å². The smallest absolute Gasteiger partial charge is 0.229 e. The van der Waals surface area contributed by atoms with Crippen molar-refractivity contribution in [3.05, 3.63) is 28.8 Å². The molecule has 0 aromatic heterocycles. The number of hydrogen-bond acceptors (Lipinski definition) is 2. The first-order chi connectivity index (χ1) is 7.58. The summed E-state index contributed by atoms with van der Waals surface area (Å²) in [6.07, 6.45) is 0.613. The van der Waals surface area contributed by atoms with Gasteiger partial charge in [0.25, 0.3) is 0 Å². The first-order valence-corrected chi connectivity index (χ1v) is 5.64. The highest BCUT2D eigenvalue weighted by Crippen LogP contribution is 2.20. The van der Waals surface area contributed by atoms with Crippen LogP contribution in [0.1, 0.15) is 18.9 Å². The lowest BCUT2D eigenvalue weighted by Gasteiger charge is -2.12. The summed E-state index contributed by atoms with van der Waals surface area (Å²) in [5.74, 6) is -0.537. The van der Waals surface area contributed by atoms with E-state index < -0.39 is 0 Å². The van der Waals surface area contributed by atoms with E-state index in [-0.39, 0.29) is 18.4 Å². The summed E-state index contributed by atoms with van der Waals surface area (Å²) in [5.41, 5.74) is 1.63. The van der Waals surface area contributed by atoms with Crippen LogP contribution in [0.15, 0.2) is 18.2 Å². The molecule has 0 saturated carbocycles. The summed E-state index contributed by atoms with van der Waals surface area (Å²) < 4.78 is 0.